The van der Waals surface area contributed by atoms with Crippen LogP contribution in [0.15, 0.2) is 24.3 Å². The molecule has 9 heteroatoms. The van der Waals surface area contributed by atoms with Crippen molar-refractivity contribution in [3.05, 3.63) is 35.4 Å². The van der Waals surface area contributed by atoms with E-state index in [1.807, 2.05) is 17.0 Å². The Morgan fingerprint density at radius 1 is 1.24 bits per heavy atom. The molecule has 0 spiro atoms. The third-order valence-corrected chi connectivity index (χ3v) is 6.61. The van der Waals surface area contributed by atoms with Crippen LogP contribution >= 0.6 is 0 Å². The van der Waals surface area contributed by atoms with Gasteiger partial charge in [0, 0.05) is 6.54 Å². The van der Waals surface area contributed by atoms with E-state index in [1.54, 1.807) is 0 Å². The molecule has 2 heterocycles. The maximum Gasteiger partial charge on any atom is 0.320 e. The van der Waals surface area contributed by atoms with Gasteiger partial charge in [0.2, 0.25) is 5.91 Å². The molecule has 1 aromatic carbocycles. The number of hydrogen-bond acceptors (Lipinski definition) is 7. The van der Waals surface area contributed by atoms with Gasteiger partial charge in [-0.15, -0.1) is 0 Å². The van der Waals surface area contributed by atoms with Crippen molar-refractivity contribution in [3.8, 4) is 6.01 Å². The first-order valence-corrected chi connectivity index (χ1v) is 12.1. The number of fused-ring (bicyclic) bond motifs is 1. The molecule has 0 bridgehead atoms. The summed E-state index contributed by atoms with van der Waals surface area (Å²) in [5.74, 6) is 0.237. The minimum absolute atomic E-state index is 0.159. The quantitative estimate of drug-likeness (QED) is 0.477. The van der Waals surface area contributed by atoms with Crippen molar-refractivity contribution in [2.45, 2.75) is 58.4 Å². The Morgan fingerprint density at radius 2 is 2.00 bits per heavy atom. The average molecular weight is 468 g/mol. The maximum atomic E-state index is 12.3. The summed E-state index contributed by atoms with van der Waals surface area (Å²) < 4.78 is 5.67. The van der Waals surface area contributed by atoms with E-state index in [0.29, 0.717) is 30.6 Å². The number of carboxylic acids is 1. The summed E-state index contributed by atoms with van der Waals surface area (Å²) in [6.07, 6.45) is 6.22. The van der Waals surface area contributed by atoms with E-state index in [-0.39, 0.29) is 30.2 Å². The molecule has 4 N–H and O–H groups in total. The van der Waals surface area contributed by atoms with Crippen LogP contribution in [0, 0.1) is 11.8 Å². The Bertz CT molecular complexity index is 1040. The molecule has 0 unspecified atom stereocenters. The lowest BCUT2D eigenvalue weighted by Crippen LogP contribution is -2.39. The van der Waals surface area contributed by atoms with E-state index in [9.17, 15) is 14.7 Å². The van der Waals surface area contributed by atoms with Crippen molar-refractivity contribution in [3.63, 3.8) is 0 Å². The standard InChI is InChI=1S/C25H33N5O4/c1-2-3-11-34-25-28-22(26)21-23(29-25)30(15-20(31)27-21)14-18-6-4-5-17(13-18)12-16-7-9-19(10-8-16)24(32)33/h4-6,13,16,19H,2-3,7-12,14-15H2,1H3,(H,27,31)(H,32,33)(H2,26,28,29). The highest BCUT2D eigenvalue weighted by Gasteiger charge is 2.28. The summed E-state index contributed by atoms with van der Waals surface area (Å²) in [6, 6.07) is 8.57. The molecular weight excluding hydrogens is 434 g/mol. The molecule has 0 saturated heterocycles. The fourth-order valence-corrected chi connectivity index (χ4v) is 4.75. The molecule has 9 nitrogen and oxygen atoms in total. The van der Waals surface area contributed by atoms with Crippen LogP contribution in [0.1, 0.15) is 56.6 Å². The molecule has 1 amide bonds. The number of nitrogen functional groups attached to an aromatic ring is 1. The lowest BCUT2D eigenvalue weighted by molar-refractivity contribution is -0.143. The molecule has 1 aliphatic carbocycles. The molecule has 1 aliphatic heterocycles. The Labute approximate surface area is 199 Å². The van der Waals surface area contributed by atoms with Gasteiger partial charge in [0.15, 0.2) is 11.6 Å². The molecule has 4 rings (SSSR count). The van der Waals surface area contributed by atoms with Gasteiger partial charge in [-0.25, -0.2) is 0 Å². The van der Waals surface area contributed by atoms with E-state index in [4.69, 9.17) is 10.5 Å². The number of ether oxygens (including phenoxy) is 1. The molecule has 1 fully saturated rings. The van der Waals surface area contributed by atoms with Gasteiger partial charge in [-0.05, 0) is 55.6 Å². The van der Waals surface area contributed by atoms with Gasteiger partial charge in [-0.3, -0.25) is 9.59 Å². The van der Waals surface area contributed by atoms with Gasteiger partial charge >= 0.3 is 12.0 Å². The first-order valence-electron chi connectivity index (χ1n) is 12.1. The third kappa shape index (κ3) is 5.76. The minimum Gasteiger partial charge on any atom is -0.481 e. The fraction of sp³-hybridized carbons (Fsp3) is 0.520. The largest absolute Gasteiger partial charge is 0.481 e. The highest BCUT2D eigenvalue weighted by atomic mass is 16.5. The summed E-state index contributed by atoms with van der Waals surface area (Å²) in [6.45, 7) is 3.27. The van der Waals surface area contributed by atoms with Gasteiger partial charge in [-0.2, -0.15) is 9.97 Å². The molecule has 182 valence electrons. The normalized spacial score (nSPS) is 19.9. The number of anilines is 3. The number of nitrogens with zero attached hydrogens (tertiary/aromatic N) is 3. The summed E-state index contributed by atoms with van der Waals surface area (Å²) in [5, 5.41) is 12.0. The summed E-state index contributed by atoms with van der Waals surface area (Å²) in [7, 11) is 0. The molecular formula is C25H33N5O4. The number of hydrogen-bond donors (Lipinski definition) is 3. The van der Waals surface area contributed by atoms with E-state index in [2.05, 4.69) is 34.3 Å². The van der Waals surface area contributed by atoms with Crippen molar-refractivity contribution < 1.29 is 19.4 Å². The topological polar surface area (TPSA) is 131 Å². The van der Waals surface area contributed by atoms with Crippen molar-refractivity contribution in [1.29, 1.82) is 0 Å². The molecule has 0 atom stereocenters. The van der Waals surface area contributed by atoms with Crippen LogP contribution in [0.2, 0.25) is 0 Å². The zero-order chi connectivity index (χ0) is 24.1. The van der Waals surface area contributed by atoms with Gasteiger partial charge in [0.25, 0.3) is 0 Å². The number of aromatic nitrogens is 2. The fourth-order valence-electron chi connectivity index (χ4n) is 4.75. The second-order valence-corrected chi connectivity index (χ2v) is 9.28. The molecule has 1 aromatic heterocycles. The Balaban J connectivity index is 1.47. The third-order valence-electron chi connectivity index (χ3n) is 6.61. The van der Waals surface area contributed by atoms with Crippen LogP contribution in [0.5, 0.6) is 6.01 Å². The SMILES string of the molecule is CCCCOc1nc(N)c2c(n1)N(Cc1cccc(CC3CCC(C(=O)O)CC3)c1)CC(=O)N2. The number of aliphatic carboxylic acids is 1. The Morgan fingerprint density at radius 3 is 2.74 bits per heavy atom. The number of nitrogens with two attached hydrogens (primary N) is 1. The summed E-state index contributed by atoms with van der Waals surface area (Å²) in [4.78, 5) is 34.2. The zero-order valence-corrected chi connectivity index (χ0v) is 19.6. The molecule has 34 heavy (non-hydrogen) atoms. The van der Waals surface area contributed by atoms with Crippen LogP contribution in [-0.4, -0.2) is 40.1 Å². The van der Waals surface area contributed by atoms with E-state index >= 15 is 0 Å². The van der Waals surface area contributed by atoms with Crippen LogP contribution < -0.4 is 20.7 Å². The predicted molar refractivity (Wildman–Crippen MR) is 130 cm³/mol. The number of carbonyl (C=O) groups is 2. The van der Waals surface area contributed by atoms with Crippen LogP contribution in [-0.2, 0) is 22.6 Å². The van der Waals surface area contributed by atoms with Gasteiger partial charge in [0.05, 0.1) is 19.1 Å². The lowest BCUT2D eigenvalue weighted by atomic mass is 9.79. The minimum atomic E-state index is -0.672. The summed E-state index contributed by atoms with van der Waals surface area (Å²) in [5.41, 5.74) is 8.83. The van der Waals surface area contributed by atoms with Gasteiger partial charge in [-0.1, -0.05) is 37.6 Å². The number of carbonyl (C=O) groups excluding carboxylic acids is 1. The van der Waals surface area contributed by atoms with E-state index in [0.717, 1.165) is 50.5 Å². The van der Waals surface area contributed by atoms with Crippen molar-refractivity contribution in [2.75, 3.05) is 29.1 Å². The average Bonchev–Trinajstić information content (AvgIpc) is 2.81. The van der Waals surface area contributed by atoms with Crippen molar-refractivity contribution in [1.82, 2.24) is 9.97 Å². The van der Waals surface area contributed by atoms with E-state index in [1.165, 1.54) is 5.56 Å². The zero-order valence-electron chi connectivity index (χ0n) is 19.6. The monoisotopic (exact) mass is 467 g/mol. The number of carboxylic acid groups (broad SMARTS) is 1. The van der Waals surface area contributed by atoms with Gasteiger partial charge in [0.1, 0.15) is 5.69 Å². The van der Waals surface area contributed by atoms with Crippen LogP contribution in [0.25, 0.3) is 0 Å². The number of unbranched alkanes of at least 4 members (excludes halogenated alkanes) is 1. The first kappa shape index (κ1) is 23.8. The second-order valence-electron chi connectivity index (χ2n) is 9.28. The number of rotatable bonds is 9. The van der Waals surface area contributed by atoms with Gasteiger partial charge < -0.3 is 25.8 Å². The number of benzene rings is 1. The summed E-state index contributed by atoms with van der Waals surface area (Å²) >= 11 is 0. The molecule has 2 aromatic rings. The maximum absolute atomic E-state index is 12.3. The molecule has 0 radical (unpaired) electrons. The van der Waals surface area contributed by atoms with Crippen LogP contribution in [0.3, 0.4) is 0 Å². The highest BCUT2D eigenvalue weighted by Crippen LogP contribution is 2.35. The number of nitrogens with one attached hydrogen (secondary N) is 1. The Kier molecular flexibility index (Phi) is 7.49. The smallest absolute Gasteiger partial charge is 0.320 e. The molecule has 2 aliphatic rings. The predicted octanol–water partition coefficient (Wildman–Crippen LogP) is 3.63. The highest BCUT2D eigenvalue weighted by molar-refractivity contribution is 6.03. The van der Waals surface area contributed by atoms with Crippen LogP contribution in [0.4, 0.5) is 17.3 Å². The Hall–Kier alpha value is -3.36. The lowest BCUT2D eigenvalue weighted by Gasteiger charge is -2.30. The van der Waals surface area contributed by atoms with E-state index < -0.39 is 5.97 Å². The first-order chi connectivity index (χ1) is 16.4. The van der Waals surface area contributed by atoms with Crippen molar-refractivity contribution >= 4 is 29.2 Å². The molecule has 1 saturated carbocycles. The number of amides is 1. The van der Waals surface area contributed by atoms with Crippen molar-refractivity contribution in [2.24, 2.45) is 11.8 Å². The second kappa shape index (κ2) is 10.7.